The Labute approximate surface area is 148 Å². The molecule has 0 saturated carbocycles. The second-order valence-electron chi connectivity index (χ2n) is 6.02. The fourth-order valence-corrected chi connectivity index (χ4v) is 2.30. The Bertz CT molecular complexity index is 787. The zero-order valence-corrected chi connectivity index (χ0v) is 15.1. The molecular weight excluding hydrogens is 316 g/mol. The molecule has 0 spiro atoms. The van der Waals surface area contributed by atoms with Gasteiger partial charge in [-0.3, -0.25) is 9.59 Å². The van der Waals surface area contributed by atoms with Crippen molar-refractivity contribution in [3.63, 3.8) is 0 Å². The van der Waals surface area contributed by atoms with Crippen molar-refractivity contribution in [3.05, 3.63) is 52.6 Å². The normalized spacial score (nSPS) is 10.4. The number of aromatic nitrogens is 2. The molecule has 2 amide bonds. The van der Waals surface area contributed by atoms with Gasteiger partial charge in [0, 0.05) is 12.2 Å². The first-order valence-corrected chi connectivity index (χ1v) is 8.43. The van der Waals surface area contributed by atoms with Crippen LogP contribution in [0.1, 0.15) is 57.7 Å². The molecule has 0 atom stereocenters. The topological polar surface area (TPSA) is 84.0 Å². The third kappa shape index (κ3) is 4.86. The summed E-state index contributed by atoms with van der Waals surface area (Å²) in [6.07, 6.45) is 1.84. The quantitative estimate of drug-likeness (QED) is 0.791. The van der Waals surface area contributed by atoms with Gasteiger partial charge in [-0.25, -0.2) is 9.97 Å². The smallest absolute Gasteiger partial charge is 0.276 e. The van der Waals surface area contributed by atoms with Gasteiger partial charge in [-0.1, -0.05) is 25.5 Å². The molecule has 2 aromatic rings. The summed E-state index contributed by atoms with van der Waals surface area (Å²) in [5.74, 6) is -0.819. The number of hydrogen-bond donors (Lipinski definition) is 2. The minimum absolute atomic E-state index is 0.0404. The van der Waals surface area contributed by atoms with Crippen molar-refractivity contribution in [1.82, 2.24) is 15.3 Å². The van der Waals surface area contributed by atoms with Crippen molar-refractivity contribution < 1.29 is 9.59 Å². The lowest BCUT2D eigenvalue weighted by atomic mass is 10.2. The zero-order chi connectivity index (χ0) is 18.4. The summed E-state index contributed by atoms with van der Waals surface area (Å²) in [7, 11) is 0. The summed E-state index contributed by atoms with van der Waals surface area (Å²) in [4.78, 5) is 33.7. The standard InChI is InChI=1S/C19H24N4O2/c1-5-6-10-20-18(24)16-17(22-14(4)13(3)21-16)19(25)23-15-9-7-8-12(2)11-15/h7-9,11H,5-6,10H2,1-4H3,(H,20,24)(H,23,25). The van der Waals surface area contributed by atoms with Crippen molar-refractivity contribution in [2.75, 3.05) is 11.9 Å². The summed E-state index contributed by atoms with van der Waals surface area (Å²) < 4.78 is 0. The second kappa shape index (κ2) is 8.37. The van der Waals surface area contributed by atoms with Crippen molar-refractivity contribution in [1.29, 1.82) is 0 Å². The van der Waals surface area contributed by atoms with Gasteiger partial charge < -0.3 is 10.6 Å². The molecule has 25 heavy (non-hydrogen) atoms. The molecule has 0 aliphatic carbocycles. The molecule has 6 heteroatoms. The van der Waals surface area contributed by atoms with Crippen LogP contribution in [0.4, 0.5) is 5.69 Å². The number of benzene rings is 1. The largest absolute Gasteiger partial charge is 0.351 e. The highest BCUT2D eigenvalue weighted by atomic mass is 16.2. The van der Waals surface area contributed by atoms with Crippen LogP contribution in [0.2, 0.25) is 0 Å². The van der Waals surface area contributed by atoms with Gasteiger partial charge in [0.15, 0.2) is 11.4 Å². The number of anilines is 1. The molecule has 0 unspecified atom stereocenters. The Morgan fingerprint density at radius 2 is 1.64 bits per heavy atom. The van der Waals surface area contributed by atoms with Gasteiger partial charge in [-0.2, -0.15) is 0 Å². The van der Waals surface area contributed by atoms with Gasteiger partial charge >= 0.3 is 0 Å². The van der Waals surface area contributed by atoms with E-state index in [2.05, 4.69) is 20.6 Å². The van der Waals surface area contributed by atoms with E-state index in [0.29, 0.717) is 23.6 Å². The Morgan fingerprint density at radius 3 is 2.24 bits per heavy atom. The molecule has 2 N–H and O–H groups in total. The van der Waals surface area contributed by atoms with E-state index in [-0.39, 0.29) is 17.3 Å². The van der Waals surface area contributed by atoms with Crippen LogP contribution in [0.15, 0.2) is 24.3 Å². The van der Waals surface area contributed by atoms with E-state index in [4.69, 9.17) is 0 Å². The van der Waals surface area contributed by atoms with Gasteiger partial charge in [-0.15, -0.1) is 0 Å². The third-order valence-corrected chi connectivity index (χ3v) is 3.83. The highest BCUT2D eigenvalue weighted by Gasteiger charge is 2.22. The van der Waals surface area contributed by atoms with E-state index in [1.165, 1.54) is 0 Å². The summed E-state index contributed by atoms with van der Waals surface area (Å²) in [6.45, 7) is 8.07. The molecule has 1 heterocycles. The van der Waals surface area contributed by atoms with Crippen molar-refractivity contribution in [2.45, 2.75) is 40.5 Å². The molecule has 1 aromatic heterocycles. The van der Waals surface area contributed by atoms with Gasteiger partial charge in [0.25, 0.3) is 11.8 Å². The third-order valence-electron chi connectivity index (χ3n) is 3.83. The molecule has 0 saturated heterocycles. The number of hydrogen-bond acceptors (Lipinski definition) is 4. The maximum Gasteiger partial charge on any atom is 0.276 e. The number of aryl methyl sites for hydroxylation is 3. The van der Waals surface area contributed by atoms with E-state index in [1.54, 1.807) is 19.9 Å². The molecule has 6 nitrogen and oxygen atoms in total. The highest BCUT2D eigenvalue weighted by molar-refractivity contribution is 6.10. The minimum atomic E-state index is -0.443. The van der Waals surface area contributed by atoms with Crippen LogP contribution in [0.5, 0.6) is 0 Å². The Hall–Kier alpha value is -2.76. The van der Waals surface area contributed by atoms with E-state index >= 15 is 0 Å². The number of amides is 2. The lowest BCUT2D eigenvalue weighted by molar-refractivity contribution is 0.0932. The fourth-order valence-electron chi connectivity index (χ4n) is 2.30. The average molecular weight is 340 g/mol. The molecule has 1 aromatic carbocycles. The predicted molar refractivity (Wildman–Crippen MR) is 97.9 cm³/mol. The fraction of sp³-hybridized carbons (Fsp3) is 0.368. The lowest BCUT2D eigenvalue weighted by Crippen LogP contribution is -2.30. The maximum absolute atomic E-state index is 12.7. The second-order valence-corrected chi connectivity index (χ2v) is 6.02. The summed E-state index contributed by atoms with van der Waals surface area (Å²) in [5.41, 5.74) is 3.04. The molecule has 2 rings (SSSR count). The molecule has 132 valence electrons. The monoisotopic (exact) mass is 340 g/mol. The van der Waals surface area contributed by atoms with Crippen LogP contribution in [-0.4, -0.2) is 28.3 Å². The molecule has 0 fully saturated rings. The molecular formula is C19H24N4O2. The highest BCUT2D eigenvalue weighted by Crippen LogP contribution is 2.14. The minimum Gasteiger partial charge on any atom is -0.351 e. The van der Waals surface area contributed by atoms with Crippen LogP contribution in [0.3, 0.4) is 0 Å². The van der Waals surface area contributed by atoms with Crippen molar-refractivity contribution in [3.8, 4) is 0 Å². The van der Waals surface area contributed by atoms with Crippen molar-refractivity contribution in [2.24, 2.45) is 0 Å². The van der Waals surface area contributed by atoms with Gasteiger partial charge in [0.2, 0.25) is 0 Å². The maximum atomic E-state index is 12.7. The number of rotatable bonds is 6. The van der Waals surface area contributed by atoms with Crippen LogP contribution in [0, 0.1) is 20.8 Å². The first kappa shape index (κ1) is 18.6. The first-order chi connectivity index (χ1) is 11.9. The number of unbranched alkanes of at least 4 members (excludes halogenated alkanes) is 1. The van der Waals surface area contributed by atoms with Crippen LogP contribution < -0.4 is 10.6 Å². The van der Waals surface area contributed by atoms with Gasteiger partial charge in [-0.05, 0) is 44.9 Å². The number of nitrogens with one attached hydrogen (secondary N) is 2. The van der Waals surface area contributed by atoms with E-state index in [9.17, 15) is 9.59 Å². The predicted octanol–water partition coefficient (Wildman–Crippen LogP) is 3.18. The Balaban J connectivity index is 2.30. The zero-order valence-electron chi connectivity index (χ0n) is 15.1. The molecule has 0 aliphatic heterocycles. The van der Waals surface area contributed by atoms with E-state index in [0.717, 1.165) is 18.4 Å². The van der Waals surface area contributed by atoms with E-state index < -0.39 is 5.91 Å². The van der Waals surface area contributed by atoms with Crippen molar-refractivity contribution >= 4 is 17.5 Å². The Morgan fingerprint density at radius 1 is 1.00 bits per heavy atom. The van der Waals surface area contributed by atoms with Crippen LogP contribution in [-0.2, 0) is 0 Å². The van der Waals surface area contributed by atoms with Crippen LogP contribution in [0.25, 0.3) is 0 Å². The summed E-state index contributed by atoms with van der Waals surface area (Å²) >= 11 is 0. The lowest BCUT2D eigenvalue weighted by Gasteiger charge is -2.12. The SMILES string of the molecule is CCCCNC(=O)c1nc(C)c(C)nc1C(=O)Nc1cccc(C)c1. The molecule has 0 radical (unpaired) electrons. The summed E-state index contributed by atoms with van der Waals surface area (Å²) in [5, 5.41) is 5.58. The average Bonchev–Trinajstić information content (AvgIpc) is 2.57. The number of carbonyl (C=O) groups is 2. The molecule has 0 aliphatic rings. The first-order valence-electron chi connectivity index (χ1n) is 8.43. The van der Waals surface area contributed by atoms with E-state index in [1.807, 2.05) is 32.0 Å². The molecule has 0 bridgehead atoms. The summed E-state index contributed by atoms with van der Waals surface area (Å²) in [6, 6.07) is 7.45. The number of nitrogens with zero attached hydrogens (tertiary/aromatic N) is 2. The van der Waals surface area contributed by atoms with Crippen LogP contribution >= 0.6 is 0 Å². The number of carbonyl (C=O) groups excluding carboxylic acids is 2. The van der Waals surface area contributed by atoms with Gasteiger partial charge in [0.05, 0.1) is 11.4 Å². The Kier molecular flexibility index (Phi) is 6.22. The van der Waals surface area contributed by atoms with Gasteiger partial charge in [0.1, 0.15) is 0 Å².